The van der Waals surface area contributed by atoms with E-state index >= 15 is 0 Å². The van der Waals surface area contributed by atoms with Crippen LogP contribution in [0.5, 0.6) is 0 Å². The van der Waals surface area contributed by atoms with Crippen molar-refractivity contribution in [1.82, 2.24) is 0 Å². The third-order valence-corrected chi connectivity index (χ3v) is 6.51. The number of nitrogens with zero attached hydrogens (tertiary/aromatic N) is 3. The predicted octanol–water partition coefficient (Wildman–Crippen LogP) is 7.26. The summed E-state index contributed by atoms with van der Waals surface area (Å²) < 4.78 is 39.3. The number of nitrogens with two attached hydrogens (primary N) is 1. The standard InChI is InChI=1S/C17H16F2N4.C11H13FN2S/c1-17(18,19)14-6-8-15(9-7-14)22-11-23-16(21)13-4-2-12(10-20)3-5-13;1-7(2)9-4-3-8(12)5-10(9)14-6-15-11(14)13/h2-11,20H,1H3,(H2,21,22,23);3-5,7,13H,6H2,1-2H3. The summed E-state index contributed by atoms with van der Waals surface area (Å²) in [6, 6.07) is 17.5. The first-order valence-corrected chi connectivity index (χ1v) is 12.7. The molecule has 0 saturated carbocycles. The molecule has 10 heteroatoms. The van der Waals surface area contributed by atoms with Gasteiger partial charge in [0, 0.05) is 24.3 Å². The second kappa shape index (κ2) is 12.6. The van der Waals surface area contributed by atoms with E-state index in [0.717, 1.165) is 29.6 Å². The molecule has 4 rings (SSSR count). The Balaban J connectivity index is 0.000000230. The summed E-state index contributed by atoms with van der Waals surface area (Å²) in [5, 5.41) is 15.2. The van der Waals surface area contributed by atoms with Gasteiger partial charge < -0.3 is 16.0 Å². The molecule has 198 valence electrons. The van der Waals surface area contributed by atoms with Crippen LogP contribution in [0.4, 0.5) is 24.5 Å². The highest BCUT2D eigenvalue weighted by molar-refractivity contribution is 8.16. The van der Waals surface area contributed by atoms with Crippen LogP contribution in [0.1, 0.15) is 48.9 Å². The second-order valence-corrected chi connectivity index (χ2v) is 9.76. The van der Waals surface area contributed by atoms with Gasteiger partial charge >= 0.3 is 0 Å². The van der Waals surface area contributed by atoms with Crippen molar-refractivity contribution in [3.63, 3.8) is 0 Å². The zero-order chi connectivity index (χ0) is 27.9. The Morgan fingerprint density at radius 3 is 2.24 bits per heavy atom. The Labute approximate surface area is 224 Å². The van der Waals surface area contributed by atoms with Crippen LogP contribution in [0.3, 0.4) is 0 Å². The summed E-state index contributed by atoms with van der Waals surface area (Å²) in [6.07, 6.45) is 2.51. The zero-order valence-electron chi connectivity index (χ0n) is 21.3. The summed E-state index contributed by atoms with van der Waals surface area (Å²) in [4.78, 5) is 9.91. The van der Waals surface area contributed by atoms with E-state index in [4.69, 9.17) is 16.6 Å². The average molecular weight is 539 g/mol. The van der Waals surface area contributed by atoms with E-state index in [1.165, 1.54) is 60.7 Å². The van der Waals surface area contributed by atoms with Crippen LogP contribution >= 0.6 is 11.8 Å². The molecule has 0 radical (unpaired) electrons. The summed E-state index contributed by atoms with van der Waals surface area (Å²) in [6.45, 7) is 5.00. The van der Waals surface area contributed by atoms with E-state index < -0.39 is 5.92 Å². The van der Waals surface area contributed by atoms with Gasteiger partial charge in [0.1, 0.15) is 18.0 Å². The molecular formula is C28H29F3N6S. The minimum Gasteiger partial charge on any atom is -0.383 e. The van der Waals surface area contributed by atoms with E-state index in [1.54, 1.807) is 24.3 Å². The smallest absolute Gasteiger partial charge is 0.270 e. The lowest BCUT2D eigenvalue weighted by Crippen LogP contribution is -2.38. The van der Waals surface area contributed by atoms with Gasteiger partial charge in [0.25, 0.3) is 5.92 Å². The fourth-order valence-electron chi connectivity index (χ4n) is 3.43. The summed E-state index contributed by atoms with van der Waals surface area (Å²) in [5.41, 5.74) is 9.70. The van der Waals surface area contributed by atoms with Crippen molar-refractivity contribution in [2.45, 2.75) is 32.6 Å². The van der Waals surface area contributed by atoms with Crippen molar-refractivity contribution in [2.24, 2.45) is 15.7 Å². The topological polar surface area (TPSA) is 102 Å². The number of hydrogen-bond donors (Lipinski definition) is 3. The Morgan fingerprint density at radius 1 is 1.08 bits per heavy atom. The van der Waals surface area contributed by atoms with Gasteiger partial charge in [-0.1, -0.05) is 68.1 Å². The van der Waals surface area contributed by atoms with E-state index in [2.05, 4.69) is 23.8 Å². The van der Waals surface area contributed by atoms with Crippen LogP contribution in [0.2, 0.25) is 0 Å². The zero-order valence-corrected chi connectivity index (χ0v) is 22.1. The number of nitrogens with one attached hydrogen (secondary N) is 2. The van der Waals surface area contributed by atoms with E-state index in [9.17, 15) is 13.2 Å². The normalized spacial score (nSPS) is 13.8. The van der Waals surface area contributed by atoms with E-state index in [-0.39, 0.29) is 17.2 Å². The fraction of sp³-hybridized carbons (Fsp3) is 0.214. The summed E-state index contributed by atoms with van der Waals surface area (Å²) >= 11 is 1.48. The van der Waals surface area contributed by atoms with E-state index in [0.29, 0.717) is 22.3 Å². The number of benzene rings is 3. The number of alkyl halides is 2. The van der Waals surface area contributed by atoms with Gasteiger partial charge in [-0.15, -0.1) is 0 Å². The molecule has 1 fully saturated rings. The molecule has 1 saturated heterocycles. The van der Waals surface area contributed by atoms with Gasteiger partial charge in [-0.3, -0.25) is 5.41 Å². The van der Waals surface area contributed by atoms with E-state index in [1.807, 2.05) is 11.0 Å². The minimum atomic E-state index is -2.87. The molecule has 6 nitrogen and oxygen atoms in total. The SMILES string of the molecule is CC(C)c1ccc(F)cc1N1CSC1=N.CC(F)(F)c1ccc(N=CN=C(N)c2ccc(C=N)cc2)cc1. The monoisotopic (exact) mass is 538 g/mol. The largest absolute Gasteiger partial charge is 0.383 e. The number of anilines is 1. The van der Waals surface area contributed by atoms with Crippen molar-refractivity contribution < 1.29 is 13.2 Å². The van der Waals surface area contributed by atoms with Gasteiger partial charge in [0.15, 0.2) is 5.17 Å². The Kier molecular flexibility index (Phi) is 9.46. The summed E-state index contributed by atoms with van der Waals surface area (Å²) in [7, 11) is 0. The maximum absolute atomic E-state index is 13.2. The van der Waals surface area contributed by atoms with Crippen LogP contribution in [0.15, 0.2) is 76.7 Å². The first-order valence-electron chi connectivity index (χ1n) is 11.7. The van der Waals surface area contributed by atoms with Gasteiger partial charge in [-0.05, 0) is 41.3 Å². The average Bonchev–Trinajstić information content (AvgIpc) is 2.88. The molecule has 0 amide bonds. The van der Waals surface area contributed by atoms with Gasteiger partial charge in [-0.2, -0.15) is 0 Å². The molecule has 0 spiro atoms. The number of hydrogen-bond acceptors (Lipinski definition) is 4. The molecule has 38 heavy (non-hydrogen) atoms. The van der Waals surface area contributed by atoms with Crippen molar-refractivity contribution >= 4 is 46.7 Å². The second-order valence-electron chi connectivity index (χ2n) is 8.82. The molecule has 0 bridgehead atoms. The lowest BCUT2D eigenvalue weighted by Gasteiger charge is -2.34. The number of thioether (sulfide) groups is 1. The lowest BCUT2D eigenvalue weighted by atomic mass is 10.0. The maximum Gasteiger partial charge on any atom is 0.270 e. The third-order valence-electron chi connectivity index (χ3n) is 5.63. The molecule has 0 unspecified atom stereocenters. The molecule has 3 aromatic rings. The van der Waals surface area contributed by atoms with Crippen LogP contribution in [-0.4, -0.2) is 29.4 Å². The van der Waals surface area contributed by atoms with Gasteiger partial charge in [0.2, 0.25) is 0 Å². The third kappa shape index (κ3) is 7.55. The molecule has 4 N–H and O–H groups in total. The summed E-state index contributed by atoms with van der Waals surface area (Å²) in [5.74, 6) is -1.73. The molecule has 3 aromatic carbocycles. The molecule has 0 aromatic heterocycles. The van der Waals surface area contributed by atoms with Gasteiger partial charge in [0.05, 0.1) is 17.3 Å². The van der Waals surface area contributed by atoms with Crippen LogP contribution in [0.25, 0.3) is 0 Å². The molecule has 0 aliphatic carbocycles. The number of rotatable bonds is 7. The first-order chi connectivity index (χ1) is 18.0. The highest BCUT2D eigenvalue weighted by Crippen LogP contribution is 2.35. The Morgan fingerprint density at radius 2 is 1.74 bits per heavy atom. The van der Waals surface area contributed by atoms with Crippen molar-refractivity contribution in [1.29, 1.82) is 10.8 Å². The number of amidine groups is 2. The van der Waals surface area contributed by atoms with Crippen LogP contribution in [-0.2, 0) is 5.92 Å². The highest BCUT2D eigenvalue weighted by Gasteiger charge is 2.26. The molecular weight excluding hydrogens is 509 g/mol. The molecule has 1 aliphatic rings. The maximum atomic E-state index is 13.2. The molecule has 0 atom stereocenters. The van der Waals surface area contributed by atoms with Crippen molar-refractivity contribution in [3.05, 3.63) is 94.8 Å². The van der Waals surface area contributed by atoms with Crippen molar-refractivity contribution in [3.8, 4) is 0 Å². The van der Waals surface area contributed by atoms with Gasteiger partial charge in [-0.25, -0.2) is 23.2 Å². The predicted molar refractivity (Wildman–Crippen MR) is 152 cm³/mol. The molecule has 1 heterocycles. The minimum absolute atomic E-state index is 0.0641. The number of halogens is 3. The number of aliphatic imine (C=N–C) groups is 2. The first kappa shape index (κ1) is 28.6. The highest BCUT2D eigenvalue weighted by atomic mass is 32.2. The lowest BCUT2D eigenvalue weighted by molar-refractivity contribution is 0.0175. The van der Waals surface area contributed by atoms with Crippen LogP contribution < -0.4 is 10.6 Å². The Bertz CT molecular complexity index is 1330. The molecule has 1 aliphatic heterocycles. The Hall–Kier alpha value is -3.92. The fourth-order valence-corrected chi connectivity index (χ4v) is 4.06. The quantitative estimate of drug-likeness (QED) is 0.218. The van der Waals surface area contributed by atoms with Crippen molar-refractivity contribution in [2.75, 3.05) is 10.8 Å². The van der Waals surface area contributed by atoms with Crippen LogP contribution in [0, 0.1) is 16.6 Å².